The first-order valence-corrected chi connectivity index (χ1v) is 9.01. The third-order valence-corrected chi connectivity index (χ3v) is 5.05. The van der Waals surface area contributed by atoms with E-state index in [4.69, 9.17) is 20.9 Å². The van der Waals surface area contributed by atoms with Gasteiger partial charge < -0.3 is 14.2 Å². The highest BCUT2D eigenvalue weighted by molar-refractivity contribution is 6.44. The number of dihydropyridines is 1. The number of nitrogens with zero attached hydrogens (tertiary/aromatic N) is 5. The average Bonchev–Trinajstić information content (AvgIpc) is 3.24. The Morgan fingerprint density at radius 2 is 2.22 bits per heavy atom. The molecule has 140 valence electrons. The maximum atomic E-state index is 11.7. The molecule has 0 aromatic carbocycles. The SMILES string of the molecule is Cc1noc(C)c1-c1cnnc(O[C@@H]2CCN(C3=C(Cl)C(=O)CN=C3)C2)c1. The summed E-state index contributed by atoms with van der Waals surface area (Å²) >= 11 is 6.15. The molecule has 2 aliphatic rings. The molecule has 8 nitrogen and oxygen atoms in total. The first kappa shape index (κ1) is 17.7. The van der Waals surface area contributed by atoms with Gasteiger partial charge in [-0.05, 0) is 13.8 Å². The Bertz CT molecular complexity index is 933. The predicted molar refractivity (Wildman–Crippen MR) is 98.9 cm³/mol. The van der Waals surface area contributed by atoms with Gasteiger partial charge in [0.1, 0.15) is 23.4 Å². The van der Waals surface area contributed by atoms with E-state index in [0.717, 1.165) is 35.5 Å². The molecule has 0 amide bonds. The standard InChI is InChI=1S/C18H18ClN5O3/c1-10-17(11(2)27-23-10)12-5-16(22-21-6-12)26-13-3-4-24(9-13)14-7-20-8-15(25)18(14)19/h5-7,13H,3-4,8-9H2,1-2H3/t13-/m1/s1. The van der Waals surface area contributed by atoms with Gasteiger partial charge >= 0.3 is 0 Å². The average molecular weight is 388 g/mol. The van der Waals surface area contributed by atoms with E-state index in [1.54, 1.807) is 12.4 Å². The van der Waals surface area contributed by atoms with Crippen molar-refractivity contribution in [1.29, 1.82) is 0 Å². The van der Waals surface area contributed by atoms with Crippen LogP contribution in [0, 0.1) is 13.8 Å². The van der Waals surface area contributed by atoms with Crippen LogP contribution in [0.4, 0.5) is 0 Å². The molecule has 4 rings (SSSR count). The van der Waals surface area contributed by atoms with Crippen LogP contribution in [-0.4, -0.2) is 58.0 Å². The van der Waals surface area contributed by atoms with Gasteiger partial charge in [0.05, 0.1) is 24.1 Å². The predicted octanol–water partition coefficient (Wildman–Crippen LogP) is 2.31. The molecule has 0 saturated carbocycles. The van der Waals surface area contributed by atoms with E-state index >= 15 is 0 Å². The Kier molecular flexibility index (Phi) is 4.65. The van der Waals surface area contributed by atoms with Crippen molar-refractivity contribution in [2.24, 2.45) is 4.99 Å². The first-order chi connectivity index (χ1) is 13.0. The molecule has 2 aromatic heterocycles. The lowest BCUT2D eigenvalue weighted by Crippen LogP contribution is -2.28. The van der Waals surface area contributed by atoms with E-state index < -0.39 is 0 Å². The maximum absolute atomic E-state index is 11.7. The van der Waals surface area contributed by atoms with Crippen molar-refractivity contribution >= 4 is 23.6 Å². The molecule has 2 aromatic rings. The van der Waals surface area contributed by atoms with Crippen LogP contribution in [0.15, 0.2) is 32.5 Å². The smallest absolute Gasteiger partial charge is 0.234 e. The molecule has 1 atom stereocenters. The summed E-state index contributed by atoms with van der Waals surface area (Å²) in [5.74, 6) is 1.01. The van der Waals surface area contributed by atoms with Gasteiger partial charge in [0.2, 0.25) is 5.88 Å². The number of ether oxygens (including phenoxy) is 1. The fraction of sp³-hybridized carbons (Fsp3) is 0.389. The van der Waals surface area contributed by atoms with Crippen LogP contribution < -0.4 is 4.74 Å². The lowest BCUT2D eigenvalue weighted by molar-refractivity contribution is -0.113. The highest BCUT2D eigenvalue weighted by Crippen LogP contribution is 2.29. The number of Topliss-reactive ketones (excluding diaryl/α,β-unsaturated/α-hetero) is 1. The number of carbonyl (C=O) groups excluding carboxylic acids is 1. The van der Waals surface area contributed by atoms with Gasteiger partial charge in [-0.2, -0.15) is 5.10 Å². The van der Waals surface area contributed by atoms with Gasteiger partial charge in [0.25, 0.3) is 0 Å². The van der Waals surface area contributed by atoms with Gasteiger partial charge in [0, 0.05) is 36.4 Å². The lowest BCUT2D eigenvalue weighted by Gasteiger charge is -2.22. The Hall–Kier alpha value is -2.74. The third-order valence-electron chi connectivity index (χ3n) is 4.65. The van der Waals surface area contributed by atoms with Crippen molar-refractivity contribution < 1.29 is 14.1 Å². The molecule has 0 spiro atoms. The van der Waals surface area contributed by atoms with Gasteiger partial charge in [0.15, 0.2) is 5.78 Å². The van der Waals surface area contributed by atoms with Crippen LogP contribution in [0.1, 0.15) is 17.9 Å². The van der Waals surface area contributed by atoms with Gasteiger partial charge in [-0.15, -0.1) is 5.10 Å². The minimum absolute atomic E-state index is 0.0818. The zero-order valence-electron chi connectivity index (χ0n) is 15.0. The molecule has 0 N–H and O–H groups in total. The Labute approximate surface area is 160 Å². The summed E-state index contributed by atoms with van der Waals surface area (Å²) in [7, 11) is 0. The summed E-state index contributed by atoms with van der Waals surface area (Å²) in [5, 5.41) is 12.3. The molecule has 27 heavy (non-hydrogen) atoms. The number of likely N-dealkylation sites (tertiary alicyclic amines) is 1. The summed E-state index contributed by atoms with van der Waals surface area (Å²) in [6.45, 7) is 5.18. The van der Waals surface area contributed by atoms with Crippen LogP contribution in [0.25, 0.3) is 11.1 Å². The van der Waals surface area contributed by atoms with E-state index in [2.05, 4.69) is 20.3 Å². The number of hydrogen-bond acceptors (Lipinski definition) is 8. The third kappa shape index (κ3) is 3.44. The van der Waals surface area contributed by atoms with Crippen LogP contribution in [0.3, 0.4) is 0 Å². The number of carbonyl (C=O) groups is 1. The second-order valence-electron chi connectivity index (χ2n) is 6.55. The van der Waals surface area contributed by atoms with Crippen molar-refractivity contribution in [3.8, 4) is 17.0 Å². The topological polar surface area (TPSA) is 93.7 Å². The molecule has 0 bridgehead atoms. The van der Waals surface area contributed by atoms with Gasteiger partial charge in [-0.1, -0.05) is 16.8 Å². The number of aryl methyl sites for hydroxylation is 2. The molecule has 0 aliphatic carbocycles. The summed E-state index contributed by atoms with van der Waals surface area (Å²) in [6, 6.07) is 1.83. The Morgan fingerprint density at radius 1 is 1.37 bits per heavy atom. The number of halogens is 1. The maximum Gasteiger partial charge on any atom is 0.234 e. The molecular formula is C18H18ClN5O3. The minimum Gasteiger partial charge on any atom is -0.471 e. The van der Waals surface area contributed by atoms with E-state index in [1.807, 2.05) is 24.8 Å². The van der Waals surface area contributed by atoms with Gasteiger partial charge in [-0.25, -0.2) is 0 Å². The van der Waals surface area contributed by atoms with Crippen LogP contribution in [0.5, 0.6) is 5.88 Å². The lowest BCUT2D eigenvalue weighted by atomic mass is 10.1. The summed E-state index contributed by atoms with van der Waals surface area (Å²) in [6.07, 6.45) is 4.02. The molecule has 4 heterocycles. The molecule has 1 fully saturated rings. The number of hydrogen-bond donors (Lipinski definition) is 0. The van der Waals surface area contributed by atoms with Crippen molar-refractivity contribution in [3.05, 3.63) is 34.4 Å². The summed E-state index contributed by atoms with van der Waals surface area (Å²) < 4.78 is 11.2. The summed E-state index contributed by atoms with van der Waals surface area (Å²) in [5.41, 5.74) is 3.20. The molecule has 0 unspecified atom stereocenters. The Balaban J connectivity index is 1.48. The largest absolute Gasteiger partial charge is 0.471 e. The molecule has 1 saturated heterocycles. The molecule has 2 aliphatic heterocycles. The van der Waals surface area contributed by atoms with E-state index in [0.29, 0.717) is 18.1 Å². The fourth-order valence-corrected chi connectivity index (χ4v) is 3.58. The van der Waals surface area contributed by atoms with Crippen LogP contribution >= 0.6 is 11.6 Å². The number of rotatable bonds is 4. The van der Waals surface area contributed by atoms with Crippen LogP contribution in [0.2, 0.25) is 0 Å². The normalized spacial score (nSPS) is 19.9. The van der Waals surface area contributed by atoms with E-state index in [-0.39, 0.29) is 23.5 Å². The van der Waals surface area contributed by atoms with E-state index in [1.165, 1.54) is 0 Å². The first-order valence-electron chi connectivity index (χ1n) is 8.63. The zero-order chi connectivity index (χ0) is 19.0. The van der Waals surface area contributed by atoms with Crippen molar-refractivity contribution in [2.45, 2.75) is 26.4 Å². The second-order valence-corrected chi connectivity index (χ2v) is 6.93. The second kappa shape index (κ2) is 7.11. The number of aromatic nitrogens is 3. The minimum atomic E-state index is -0.156. The summed E-state index contributed by atoms with van der Waals surface area (Å²) in [4.78, 5) is 17.8. The monoisotopic (exact) mass is 387 g/mol. The number of ketones is 1. The van der Waals surface area contributed by atoms with Crippen molar-refractivity contribution in [2.75, 3.05) is 19.6 Å². The number of aliphatic imine (C=N–C) groups is 1. The fourth-order valence-electron chi connectivity index (χ4n) is 3.35. The number of allylic oxidation sites excluding steroid dienone is 1. The zero-order valence-corrected chi connectivity index (χ0v) is 15.7. The highest BCUT2D eigenvalue weighted by atomic mass is 35.5. The molecule has 9 heteroatoms. The Morgan fingerprint density at radius 3 is 3.00 bits per heavy atom. The molecular weight excluding hydrogens is 370 g/mol. The van der Waals surface area contributed by atoms with Gasteiger partial charge in [-0.3, -0.25) is 9.79 Å². The van der Waals surface area contributed by atoms with Crippen molar-refractivity contribution in [1.82, 2.24) is 20.3 Å². The van der Waals surface area contributed by atoms with Crippen LogP contribution in [-0.2, 0) is 4.79 Å². The molecule has 0 radical (unpaired) electrons. The quantitative estimate of drug-likeness (QED) is 0.794. The van der Waals surface area contributed by atoms with Crippen molar-refractivity contribution in [3.63, 3.8) is 0 Å². The van der Waals surface area contributed by atoms with E-state index in [9.17, 15) is 4.79 Å². The highest BCUT2D eigenvalue weighted by Gasteiger charge is 2.29.